The van der Waals surface area contributed by atoms with E-state index in [1.54, 1.807) is 11.3 Å². The Balaban J connectivity index is 1.78. The van der Waals surface area contributed by atoms with Crippen molar-refractivity contribution >= 4 is 27.3 Å². The highest BCUT2D eigenvalue weighted by atomic mass is 79.9. The maximum Gasteiger partial charge on any atom is 0.111 e. The number of nitrogens with one attached hydrogen (secondary N) is 1. The summed E-state index contributed by atoms with van der Waals surface area (Å²) in [6, 6.07) is 13.0. The normalized spacial score (nSPS) is 21.2. The predicted molar refractivity (Wildman–Crippen MR) is 85.7 cm³/mol. The molecule has 20 heavy (non-hydrogen) atoms. The maximum atomic E-state index is 9.63. The van der Waals surface area contributed by atoms with Crippen LogP contribution in [0.3, 0.4) is 0 Å². The van der Waals surface area contributed by atoms with Gasteiger partial charge in [0.1, 0.15) is 5.54 Å². The molecule has 0 amide bonds. The molecule has 1 unspecified atom stereocenters. The molecule has 102 valence electrons. The van der Waals surface area contributed by atoms with Crippen molar-refractivity contribution in [2.75, 3.05) is 0 Å². The van der Waals surface area contributed by atoms with Crippen molar-refractivity contribution in [3.8, 4) is 6.07 Å². The number of nitrogens with zero attached hydrogens (tertiary/aromatic N) is 1. The molecule has 0 saturated carbocycles. The number of thiophene rings is 1. The van der Waals surface area contributed by atoms with Crippen LogP contribution in [-0.2, 0) is 19.4 Å². The first-order chi connectivity index (χ1) is 9.71. The van der Waals surface area contributed by atoms with Gasteiger partial charge in [-0.2, -0.15) is 5.26 Å². The average Bonchev–Trinajstić information content (AvgIpc) is 2.98. The van der Waals surface area contributed by atoms with Gasteiger partial charge in [-0.3, -0.25) is 5.32 Å². The molecule has 0 spiro atoms. The van der Waals surface area contributed by atoms with Crippen LogP contribution in [0.4, 0.5) is 0 Å². The van der Waals surface area contributed by atoms with Gasteiger partial charge in [0.15, 0.2) is 0 Å². The molecule has 1 aliphatic rings. The van der Waals surface area contributed by atoms with E-state index in [9.17, 15) is 5.26 Å². The Morgan fingerprint density at radius 1 is 1.35 bits per heavy atom. The van der Waals surface area contributed by atoms with Gasteiger partial charge in [-0.1, -0.05) is 28.1 Å². The molecular formula is C16H15BrN2S. The highest BCUT2D eigenvalue weighted by Gasteiger charge is 2.34. The van der Waals surface area contributed by atoms with Crippen molar-refractivity contribution in [1.29, 1.82) is 5.26 Å². The first kappa shape index (κ1) is 13.8. The SMILES string of the molecule is N#CC1(NCc2cccs2)CCc2cc(Br)ccc2C1. The molecule has 3 rings (SSSR count). The molecule has 1 aromatic carbocycles. The van der Waals surface area contributed by atoms with E-state index in [1.807, 2.05) is 0 Å². The molecule has 2 nitrogen and oxygen atoms in total. The predicted octanol–water partition coefficient (Wildman–Crippen LogP) is 4.05. The lowest BCUT2D eigenvalue weighted by atomic mass is 9.79. The third kappa shape index (κ3) is 2.80. The molecule has 0 bridgehead atoms. The first-order valence-electron chi connectivity index (χ1n) is 6.67. The van der Waals surface area contributed by atoms with Gasteiger partial charge in [0.25, 0.3) is 0 Å². The van der Waals surface area contributed by atoms with Crippen molar-refractivity contribution in [3.63, 3.8) is 0 Å². The molecule has 0 radical (unpaired) electrons. The Morgan fingerprint density at radius 3 is 3.00 bits per heavy atom. The monoisotopic (exact) mass is 346 g/mol. The molecular weight excluding hydrogens is 332 g/mol. The van der Waals surface area contributed by atoms with E-state index >= 15 is 0 Å². The van der Waals surface area contributed by atoms with E-state index in [4.69, 9.17) is 0 Å². The van der Waals surface area contributed by atoms with Crippen molar-refractivity contribution in [1.82, 2.24) is 5.32 Å². The lowest BCUT2D eigenvalue weighted by molar-refractivity contribution is 0.365. The number of hydrogen-bond donors (Lipinski definition) is 1. The lowest BCUT2D eigenvalue weighted by Crippen LogP contribution is -2.47. The third-order valence-corrected chi connectivity index (χ3v) is 5.25. The fourth-order valence-electron chi connectivity index (χ4n) is 2.72. The minimum Gasteiger partial charge on any atom is -0.294 e. The van der Waals surface area contributed by atoms with Crippen LogP contribution < -0.4 is 5.32 Å². The van der Waals surface area contributed by atoms with E-state index in [1.165, 1.54) is 16.0 Å². The fraction of sp³-hybridized carbons (Fsp3) is 0.312. The van der Waals surface area contributed by atoms with E-state index < -0.39 is 5.54 Å². The van der Waals surface area contributed by atoms with Crippen molar-refractivity contribution in [3.05, 3.63) is 56.2 Å². The lowest BCUT2D eigenvalue weighted by Gasteiger charge is -2.33. The van der Waals surface area contributed by atoms with Crippen molar-refractivity contribution in [2.45, 2.75) is 31.3 Å². The van der Waals surface area contributed by atoms with Gasteiger partial charge in [-0.25, -0.2) is 0 Å². The summed E-state index contributed by atoms with van der Waals surface area (Å²) in [7, 11) is 0. The zero-order valence-corrected chi connectivity index (χ0v) is 13.4. The summed E-state index contributed by atoms with van der Waals surface area (Å²) in [5.41, 5.74) is 2.23. The number of aryl methyl sites for hydroxylation is 1. The summed E-state index contributed by atoms with van der Waals surface area (Å²) >= 11 is 5.24. The Morgan fingerprint density at radius 2 is 2.25 bits per heavy atom. The molecule has 1 aromatic heterocycles. The summed E-state index contributed by atoms with van der Waals surface area (Å²) in [6.07, 6.45) is 2.62. The summed E-state index contributed by atoms with van der Waals surface area (Å²) in [5, 5.41) is 15.2. The number of hydrogen-bond acceptors (Lipinski definition) is 3. The molecule has 4 heteroatoms. The summed E-state index contributed by atoms with van der Waals surface area (Å²) in [5.74, 6) is 0. The fourth-order valence-corrected chi connectivity index (χ4v) is 3.77. The Bertz CT molecular complexity index is 645. The van der Waals surface area contributed by atoms with Crippen LogP contribution in [0.15, 0.2) is 40.2 Å². The van der Waals surface area contributed by atoms with E-state index in [2.05, 4.69) is 63.0 Å². The molecule has 1 atom stereocenters. The smallest absolute Gasteiger partial charge is 0.111 e. The maximum absolute atomic E-state index is 9.63. The van der Waals surface area contributed by atoms with Crippen LogP contribution >= 0.6 is 27.3 Å². The molecule has 0 fully saturated rings. The van der Waals surface area contributed by atoms with Gasteiger partial charge in [0, 0.05) is 22.3 Å². The van der Waals surface area contributed by atoms with Gasteiger partial charge in [-0.15, -0.1) is 11.3 Å². The van der Waals surface area contributed by atoms with Crippen LogP contribution in [0.25, 0.3) is 0 Å². The second-order valence-electron chi connectivity index (χ2n) is 5.22. The topological polar surface area (TPSA) is 35.8 Å². The molecule has 1 aliphatic carbocycles. The highest BCUT2D eigenvalue weighted by Crippen LogP contribution is 2.30. The van der Waals surface area contributed by atoms with Gasteiger partial charge >= 0.3 is 0 Å². The molecule has 2 aromatic rings. The average molecular weight is 347 g/mol. The second-order valence-corrected chi connectivity index (χ2v) is 7.16. The van der Waals surface area contributed by atoms with Gasteiger partial charge in [-0.05, 0) is 47.5 Å². The number of rotatable bonds is 3. The minimum absolute atomic E-state index is 0.426. The number of nitriles is 1. The standard InChI is InChI=1S/C16H15BrN2S/c17-14-4-3-13-9-16(11-18,6-5-12(13)8-14)19-10-15-2-1-7-20-15/h1-4,7-8,19H,5-6,9-10H2. The van der Waals surface area contributed by atoms with Crippen LogP contribution in [-0.4, -0.2) is 5.54 Å². The zero-order valence-electron chi connectivity index (χ0n) is 11.0. The van der Waals surface area contributed by atoms with Crippen LogP contribution in [0.5, 0.6) is 0 Å². The van der Waals surface area contributed by atoms with Crippen LogP contribution in [0, 0.1) is 11.3 Å². The summed E-state index contributed by atoms with van der Waals surface area (Å²) in [6.45, 7) is 0.775. The van der Waals surface area contributed by atoms with Gasteiger partial charge in [0.2, 0.25) is 0 Å². The van der Waals surface area contributed by atoms with Gasteiger partial charge < -0.3 is 0 Å². The third-order valence-electron chi connectivity index (χ3n) is 3.88. The van der Waals surface area contributed by atoms with E-state index in [-0.39, 0.29) is 0 Å². The number of halogens is 1. The zero-order chi connectivity index (χ0) is 14.0. The molecule has 1 N–H and O–H groups in total. The van der Waals surface area contributed by atoms with E-state index in [0.717, 1.165) is 30.3 Å². The number of benzene rings is 1. The molecule has 0 saturated heterocycles. The highest BCUT2D eigenvalue weighted by molar-refractivity contribution is 9.10. The Kier molecular flexibility index (Phi) is 3.93. The first-order valence-corrected chi connectivity index (χ1v) is 8.34. The quantitative estimate of drug-likeness (QED) is 0.909. The molecule has 1 heterocycles. The van der Waals surface area contributed by atoms with Crippen molar-refractivity contribution in [2.24, 2.45) is 0 Å². The summed E-state index contributed by atoms with van der Waals surface area (Å²) in [4.78, 5) is 1.28. The Labute approximate surface area is 131 Å². The largest absolute Gasteiger partial charge is 0.294 e. The second kappa shape index (κ2) is 5.69. The Hall–Kier alpha value is -1.15. The minimum atomic E-state index is -0.426. The summed E-state index contributed by atoms with van der Waals surface area (Å²) < 4.78 is 1.12. The van der Waals surface area contributed by atoms with Gasteiger partial charge in [0.05, 0.1) is 6.07 Å². The molecule has 0 aliphatic heterocycles. The van der Waals surface area contributed by atoms with E-state index in [0.29, 0.717) is 0 Å². The van der Waals surface area contributed by atoms with Crippen LogP contribution in [0.1, 0.15) is 22.4 Å². The van der Waals surface area contributed by atoms with Crippen molar-refractivity contribution < 1.29 is 0 Å². The van der Waals surface area contributed by atoms with Crippen LogP contribution in [0.2, 0.25) is 0 Å². The number of fused-ring (bicyclic) bond motifs is 1.